The lowest BCUT2D eigenvalue weighted by Gasteiger charge is -2.15. The molecule has 0 aliphatic rings. The number of nitrogens with zero attached hydrogens (tertiary/aromatic N) is 3. The van der Waals surface area contributed by atoms with Crippen LogP contribution in [0.5, 0.6) is 0 Å². The number of hydrogen-bond donors (Lipinski definition) is 0. The predicted molar refractivity (Wildman–Crippen MR) is 62.9 cm³/mol. The van der Waals surface area contributed by atoms with Gasteiger partial charge in [-0.15, -0.1) is 5.10 Å². The summed E-state index contributed by atoms with van der Waals surface area (Å²) in [5, 5.41) is 8.29. The molecule has 4 heteroatoms. The van der Waals surface area contributed by atoms with E-state index in [4.69, 9.17) is 11.6 Å². The summed E-state index contributed by atoms with van der Waals surface area (Å²) in [6.45, 7) is 4.16. The molecule has 0 unspecified atom stereocenters. The highest BCUT2D eigenvalue weighted by Crippen LogP contribution is 2.05. The third kappa shape index (κ3) is 5.09. The first kappa shape index (κ1) is 12.4. The van der Waals surface area contributed by atoms with Crippen LogP contribution in [0.2, 0.25) is 5.15 Å². The molecule has 0 fully saturated rings. The van der Waals surface area contributed by atoms with Gasteiger partial charge in [0.05, 0.1) is 5.69 Å². The second kappa shape index (κ2) is 6.75. The van der Waals surface area contributed by atoms with Gasteiger partial charge in [-0.2, -0.15) is 5.10 Å². The standard InChI is InChI=1S/C11H18ClN3/c1-3-4-5-8-15(2)9-10-6-7-11(12)14-13-10/h6-7H,3-5,8-9H2,1-2H3. The fraction of sp³-hybridized carbons (Fsp3) is 0.636. The van der Waals surface area contributed by atoms with Crippen molar-refractivity contribution < 1.29 is 0 Å². The van der Waals surface area contributed by atoms with E-state index in [1.165, 1.54) is 19.3 Å². The van der Waals surface area contributed by atoms with Gasteiger partial charge >= 0.3 is 0 Å². The van der Waals surface area contributed by atoms with Gasteiger partial charge < -0.3 is 4.90 Å². The van der Waals surface area contributed by atoms with E-state index >= 15 is 0 Å². The Bertz CT molecular complexity index is 274. The summed E-state index contributed by atoms with van der Waals surface area (Å²) in [5.74, 6) is 0. The van der Waals surface area contributed by atoms with Crippen molar-refractivity contribution in [2.45, 2.75) is 32.7 Å². The average Bonchev–Trinajstić information content (AvgIpc) is 2.22. The Morgan fingerprint density at radius 3 is 2.67 bits per heavy atom. The van der Waals surface area contributed by atoms with E-state index in [1.54, 1.807) is 6.07 Å². The van der Waals surface area contributed by atoms with E-state index in [9.17, 15) is 0 Å². The molecule has 0 saturated heterocycles. The SMILES string of the molecule is CCCCCN(C)Cc1ccc(Cl)nn1. The van der Waals surface area contributed by atoms with Gasteiger partial charge in [0.15, 0.2) is 5.15 Å². The van der Waals surface area contributed by atoms with Crippen molar-refractivity contribution in [3.63, 3.8) is 0 Å². The van der Waals surface area contributed by atoms with Gasteiger partial charge in [-0.25, -0.2) is 0 Å². The molecule has 0 aliphatic heterocycles. The van der Waals surface area contributed by atoms with Crippen LogP contribution in [0.3, 0.4) is 0 Å². The van der Waals surface area contributed by atoms with Crippen molar-refractivity contribution >= 4 is 11.6 Å². The molecule has 0 aliphatic carbocycles. The first-order valence-electron chi connectivity index (χ1n) is 5.39. The van der Waals surface area contributed by atoms with Crippen molar-refractivity contribution in [1.29, 1.82) is 0 Å². The second-order valence-corrected chi connectivity index (χ2v) is 4.18. The van der Waals surface area contributed by atoms with E-state index in [0.29, 0.717) is 5.15 Å². The minimum atomic E-state index is 0.451. The van der Waals surface area contributed by atoms with Gasteiger partial charge in [0, 0.05) is 6.54 Å². The topological polar surface area (TPSA) is 29.0 Å². The maximum Gasteiger partial charge on any atom is 0.151 e. The van der Waals surface area contributed by atoms with E-state index in [0.717, 1.165) is 18.8 Å². The van der Waals surface area contributed by atoms with Gasteiger partial charge in [0.2, 0.25) is 0 Å². The summed E-state index contributed by atoms with van der Waals surface area (Å²) in [6, 6.07) is 3.70. The van der Waals surface area contributed by atoms with Crippen molar-refractivity contribution in [1.82, 2.24) is 15.1 Å². The fourth-order valence-corrected chi connectivity index (χ4v) is 1.52. The normalized spacial score (nSPS) is 10.9. The average molecular weight is 228 g/mol. The number of hydrogen-bond acceptors (Lipinski definition) is 3. The lowest BCUT2D eigenvalue weighted by atomic mass is 10.2. The molecular formula is C11H18ClN3. The summed E-state index contributed by atoms with van der Waals surface area (Å²) in [4.78, 5) is 2.26. The smallest absolute Gasteiger partial charge is 0.151 e. The van der Waals surface area contributed by atoms with Gasteiger partial charge in [-0.05, 0) is 32.1 Å². The number of rotatable bonds is 6. The molecule has 1 aromatic rings. The van der Waals surface area contributed by atoms with Gasteiger partial charge in [-0.3, -0.25) is 0 Å². The first-order chi connectivity index (χ1) is 7.22. The van der Waals surface area contributed by atoms with Crippen LogP contribution in [0.4, 0.5) is 0 Å². The number of aromatic nitrogens is 2. The molecule has 0 aromatic carbocycles. The summed E-state index contributed by atoms with van der Waals surface area (Å²) in [6.07, 6.45) is 3.79. The minimum Gasteiger partial charge on any atom is -0.300 e. The Balaban J connectivity index is 2.31. The zero-order valence-corrected chi connectivity index (χ0v) is 10.2. The molecule has 0 amide bonds. The monoisotopic (exact) mass is 227 g/mol. The molecule has 15 heavy (non-hydrogen) atoms. The highest BCUT2D eigenvalue weighted by atomic mass is 35.5. The zero-order valence-electron chi connectivity index (χ0n) is 9.41. The molecule has 84 valence electrons. The van der Waals surface area contributed by atoms with Crippen LogP contribution in [0.1, 0.15) is 31.9 Å². The van der Waals surface area contributed by atoms with E-state index in [-0.39, 0.29) is 0 Å². The number of halogens is 1. The molecule has 0 radical (unpaired) electrons. The largest absolute Gasteiger partial charge is 0.300 e. The quantitative estimate of drug-likeness (QED) is 0.700. The maximum atomic E-state index is 5.66. The molecule has 0 spiro atoms. The fourth-order valence-electron chi connectivity index (χ4n) is 1.42. The molecule has 1 aromatic heterocycles. The van der Waals surface area contributed by atoms with Crippen LogP contribution in [0.15, 0.2) is 12.1 Å². The lowest BCUT2D eigenvalue weighted by Crippen LogP contribution is -2.19. The maximum absolute atomic E-state index is 5.66. The molecule has 1 heterocycles. The summed E-state index contributed by atoms with van der Waals surface area (Å²) >= 11 is 5.66. The Kier molecular flexibility index (Phi) is 5.58. The Morgan fingerprint density at radius 2 is 2.07 bits per heavy atom. The van der Waals surface area contributed by atoms with Crippen LogP contribution in [-0.4, -0.2) is 28.7 Å². The number of unbranched alkanes of at least 4 members (excludes halogenated alkanes) is 2. The molecule has 0 atom stereocenters. The lowest BCUT2D eigenvalue weighted by molar-refractivity contribution is 0.313. The summed E-state index contributed by atoms with van der Waals surface area (Å²) in [7, 11) is 2.10. The van der Waals surface area contributed by atoms with Crippen LogP contribution >= 0.6 is 11.6 Å². The van der Waals surface area contributed by atoms with Crippen molar-refractivity contribution in [2.75, 3.05) is 13.6 Å². The third-order valence-electron chi connectivity index (χ3n) is 2.26. The van der Waals surface area contributed by atoms with Crippen molar-refractivity contribution in [3.05, 3.63) is 23.0 Å². The van der Waals surface area contributed by atoms with Crippen LogP contribution in [-0.2, 0) is 6.54 Å². The van der Waals surface area contributed by atoms with Gasteiger partial charge in [0.1, 0.15) is 0 Å². The summed E-state index contributed by atoms with van der Waals surface area (Å²) < 4.78 is 0. The molecule has 3 nitrogen and oxygen atoms in total. The molecular weight excluding hydrogens is 210 g/mol. The van der Waals surface area contributed by atoms with E-state index in [2.05, 4.69) is 29.1 Å². The molecule has 0 N–H and O–H groups in total. The van der Waals surface area contributed by atoms with Crippen molar-refractivity contribution in [2.24, 2.45) is 0 Å². The van der Waals surface area contributed by atoms with E-state index < -0.39 is 0 Å². The molecule has 0 bridgehead atoms. The summed E-state index contributed by atoms with van der Waals surface area (Å²) in [5.41, 5.74) is 0.971. The highest BCUT2D eigenvalue weighted by molar-refractivity contribution is 6.29. The Morgan fingerprint density at radius 1 is 1.27 bits per heavy atom. The predicted octanol–water partition coefficient (Wildman–Crippen LogP) is 2.75. The highest BCUT2D eigenvalue weighted by Gasteiger charge is 2.01. The second-order valence-electron chi connectivity index (χ2n) is 3.79. The third-order valence-corrected chi connectivity index (χ3v) is 2.46. The van der Waals surface area contributed by atoms with Crippen LogP contribution in [0.25, 0.3) is 0 Å². The van der Waals surface area contributed by atoms with Crippen LogP contribution in [0, 0.1) is 0 Å². The van der Waals surface area contributed by atoms with Crippen LogP contribution < -0.4 is 0 Å². The van der Waals surface area contributed by atoms with Gasteiger partial charge in [0.25, 0.3) is 0 Å². The van der Waals surface area contributed by atoms with Gasteiger partial charge in [-0.1, -0.05) is 31.4 Å². The zero-order chi connectivity index (χ0) is 11.1. The van der Waals surface area contributed by atoms with E-state index in [1.807, 2.05) is 6.07 Å². The first-order valence-corrected chi connectivity index (χ1v) is 5.77. The van der Waals surface area contributed by atoms with Crippen molar-refractivity contribution in [3.8, 4) is 0 Å². The Labute approximate surface area is 96.5 Å². The minimum absolute atomic E-state index is 0.451. The molecule has 0 saturated carbocycles. The molecule has 1 rings (SSSR count). The Hall–Kier alpha value is -0.670.